The third-order valence-corrected chi connectivity index (χ3v) is 3.01. The number of hydrogen-bond donors (Lipinski definition) is 0. The first-order valence-electron chi connectivity index (χ1n) is 5.17. The van der Waals surface area contributed by atoms with E-state index in [2.05, 4.69) is 4.99 Å². The summed E-state index contributed by atoms with van der Waals surface area (Å²) in [5.41, 5.74) is 1.68. The van der Waals surface area contributed by atoms with E-state index in [0.29, 0.717) is 6.42 Å². The van der Waals surface area contributed by atoms with Gasteiger partial charge < -0.3 is 0 Å². The normalized spacial score (nSPS) is 21.6. The van der Waals surface area contributed by atoms with Gasteiger partial charge in [0.2, 0.25) is 0 Å². The molecule has 0 saturated carbocycles. The van der Waals surface area contributed by atoms with E-state index in [4.69, 9.17) is 0 Å². The molecular formula is C12H12F3N. The predicted molar refractivity (Wildman–Crippen MR) is 57.0 cm³/mol. The van der Waals surface area contributed by atoms with Crippen LogP contribution in [0.4, 0.5) is 18.9 Å². The molecule has 4 heteroatoms. The molecule has 2 atom stereocenters. The molecule has 2 unspecified atom stereocenters. The van der Waals surface area contributed by atoms with E-state index >= 15 is 0 Å². The van der Waals surface area contributed by atoms with Crippen molar-refractivity contribution in [3.8, 4) is 0 Å². The van der Waals surface area contributed by atoms with Gasteiger partial charge in [0.15, 0.2) is 0 Å². The maximum Gasteiger partial charge on any atom is 0.392 e. The number of alkyl halides is 3. The molecule has 1 aromatic carbocycles. The minimum Gasteiger partial charge on any atom is -0.261 e. The number of nitrogens with zero attached hydrogens (tertiary/aromatic N) is 1. The molecule has 0 fully saturated rings. The molecule has 0 saturated heterocycles. The zero-order chi connectivity index (χ0) is 11.8. The van der Waals surface area contributed by atoms with Gasteiger partial charge in [-0.1, -0.05) is 25.1 Å². The van der Waals surface area contributed by atoms with Gasteiger partial charge in [-0.25, -0.2) is 0 Å². The summed E-state index contributed by atoms with van der Waals surface area (Å²) in [4.78, 5) is 4.08. The van der Waals surface area contributed by atoms with Gasteiger partial charge in [-0.15, -0.1) is 0 Å². The maximum absolute atomic E-state index is 12.5. The molecule has 86 valence electrons. The highest BCUT2D eigenvalue weighted by Crippen LogP contribution is 2.36. The van der Waals surface area contributed by atoms with Crippen LogP contribution >= 0.6 is 0 Å². The van der Waals surface area contributed by atoms with E-state index in [1.165, 1.54) is 13.1 Å². The molecule has 0 amide bonds. The summed E-state index contributed by atoms with van der Waals surface area (Å²) >= 11 is 0. The van der Waals surface area contributed by atoms with E-state index in [9.17, 15) is 13.2 Å². The number of fused-ring (bicyclic) bond motifs is 1. The largest absolute Gasteiger partial charge is 0.392 e. The van der Waals surface area contributed by atoms with Crippen LogP contribution in [-0.2, 0) is 6.42 Å². The minimum absolute atomic E-state index is 0.417. The summed E-state index contributed by atoms with van der Waals surface area (Å²) < 4.78 is 37.6. The topological polar surface area (TPSA) is 12.4 Å². The lowest BCUT2D eigenvalue weighted by Gasteiger charge is -2.25. The van der Waals surface area contributed by atoms with Gasteiger partial charge in [-0.3, -0.25) is 4.99 Å². The van der Waals surface area contributed by atoms with Gasteiger partial charge in [0.05, 0.1) is 11.6 Å². The molecule has 0 aliphatic carbocycles. The van der Waals surface area contributed by atoms with Gasteiger partial charge in [0.1, 0.15) is 0 Å². The van der Waals surface area contributed by atoms with E-state index in [0.717, 1.165) is 11.3 Å². The number of halogens is 3. The summed E-state index contributed by atoms with van der Waals surface area (Å²) in [7, 11) is 0. The van der Waals surface area contributed by atoms with E-state index in [-0.39, 0.29) is 0 Å². The second kappa shape index (κ2) is 3.92. The van der Waals surface area contributed by atoms with Crippen molar-refractivity contribution in [2.24, 2.45) is 16.8 Å². The Labute approximate surface area is 92.0 Å². The van der Waals surface area contributed by atoms with Crippen LogP contribution in [0, 0.1) is 11.8 Å². The Morgan fingerprint density at radius 1 is 1.31 bits per heavy atom. The molecule has 1 aliphatic heterocycles. The lowest BCUT2D eigenvalue weighted by Crippen LogP contribution is -2.30. The number of aliphatic imine (C=N–C) groups is 1. The molecule has 1 heterocycles. The smallest absolute Gasteiger partial charge is 0.261 e. The van der Waals surface area contributed by atoms with Crippen LogP contribution in [-0.4, -0.2) is 12.4 Å². The van der Waals surface area contributed by atoms with Crippen molar-refractivity contribution in [3.05, 3.63) is 29.8 Å². The van der Waals surface area contributed by atoms with Crippen molar-refractivity contribution in [1.82, 2.24) is 0 Å². The zero-order valence-electron chi connectivity index (χ0n) is 8.83. The maximum atomic E-state index is 12.5. The van der Waals surface area contributed by atoms with E-state index in [1.807, 2.05) is 24.3 Å². The first-order valence-corrected chi connectivity index (χ1v) is 5.17. The molecule has 1 aliphatic rings. The summed E-state index contributed by atoms with van der Waals surface area (Å²) in [6.07, 6.45) is -2.30. The van der Waals surface area contributed by atoms with E-state index < -0.39 is 18.0 Å². The summed E-state index contributed by atoms with van der Waals surface area (Å²) in [6, 6.07) is 7.32. The summed E-state index contributed by atoms with van der Waals surface area (Å²) in [5.74, 6) is -1.89. The van der Waals surface area contributed by atoms with Crippen LogP contribution in [0.3, 0.4) is 0 Å². The van der Waals surface area contributed by atoms with Gasteiger partial charge in [0.25, 0.3) is 0 Å². The van der Waals surface area contributed by atoms with Gasteiger partial charge >= 0.3 is 6.18 Å². The van der Waals surface area contributed by atoms with Crippen molar-refractivity contribution in [2.75, 3.05) is 0 Å². The Balaban J connectivity index is 2.21. The third kappa shape index (κ3) is 2.10. The second-order valence-electron chi connectivity index (χ2n) is 4.11. The SMILES string of the molecule is CC(C1C=Nc2ccccc2C1)C(F)(F)F. The van der Waals surface area contributed by atoms with Crippen molar-refractivity contribution < 1.29 is 13.2 Å². The van der Waals surface area contributed by atoms with Crippen LogP contribution in [0.25, 0.3) is 0 Å². The fourth-order valence-electron chi connectivity index (χ4n) is 1.84. The van der Waals surface area contributed by atoms with Gasteiger partial charge in [-0.05, 0) is 18.1 Å². The molecular weight excluding hydrogens is 215 g/mol. The fraction of sp³-hybridized carbons (Fsp3) is 0.417. The highest BCUT2D eigenvalue weighted by atomic mass is 19.4. The Bertz CT molecular complexity index is 409. The molecule has 0 N–H and O–H groups in total. The highest BCUT2D eigenvalue weighted by molar-refractivity contribution is 5.71. The Morgan fingerprint density at radius 3 is 2.69 bits per heavy atom. The average Bonchev–Trinajstić information content (AvgIpc) is 2.26. The van der Waals surface area contributed by atoms with Crippen LogP contribution in [0.15, 0.2) is 29.3 Å². The minimum atomic E-state index is -4.15. The molecule has 0 aromatic heterocycles. The fourth-order valence-corrected chi connectivity index (χ4v) is 1.84. The number of hydrogen-bond acceptors (Lipinski definition) is 1. The number of benzene rings is 1. The molecule has 0 radical (unpaired) electrons. The lowest BCUT2D eigenvalue weighted by molar-refractivity contribution is -0.176. The average molecular weight is 227 g/mol. The number of rotatable bonds is 1. The van der Waals surface area contributed by atoms with Crippen molar-refractivity contribution >= 4 is 11.9 Å². The van der Waals surface area contributed by atoms with Crippen LogP contribution in [0.1, 0.15) is 12.5 Å². The first kappa shape index (κ1) is 11.2. The third-order valence-electron chi connectivity index (χ3n) is 3.01. The number of para-hydroxylation sites is 1. The van der Waals surface area contributed by atoms with Crippen molar-refractivity contribution in [3.63, 3.8) is 0 Å². The van der Waals surface area contributed by atoms with Gasteiger partial charge in [-0.2, -0.15) is 13.2 Å². The van der Waals surface area contributed by atoms with Crippen LogP contribution in [0.5, 0.6) is 0 Å². The van der Waals surface area contributed by atoms with Crippen LogP contribution < -0.4 is 0 Å². The van der Waals surface area contributed by atoms with E-state index in [1.54, 1.807) is 0 Å². The van der Waals surface area contributed by atoms with Crippen LogP contribution in [0.2, 0.25) is 0 Å². The van der Waals surface area contributed by atoms with Gasteiger partial charge in [0, 0.05) is 12.1 Å². The first-order chi connectivity index (χ1) is 7.48. The quantitative estimate of drug-likeness (QED) is 0.692. The summed E-state index contributed by atoms with van der Waals surface area (Å²) in [5, 5.41) is 0. The molecule has 1 aromatic rings. The zero-order valence-corrected chi connectivity index (χ0v) is 8.83. The van der Waals surface area contributed by atoms with Crippen molar-refractivity contribution in [2.45, 2.75) is 19.5 Å². The molecule has 2 rings (SSSR count). The monoisotopic (exact) mass is 227 g/mol. The standard InChI is InChI=1S/C12H12F3N/c1-8(12(13,14)15)10-6-9-4-2-3-5-11(9)16-7-10/h2-5,7-8,10H,6H2,1H3. The summed E-state index contributed by atoms with van der Waals surface area (Å²) in [6.45, 7) is 1.21. The second-order valence-corrected chi connectivity index (χ2v) is 4.11. The molecule has 0 spiro atoms. The predicted octanol–water partition coefficient (Wildman–Crippen LogP) is 3.76. The lowest BCUT2D eigenvalue weighted by atomic mass is 9.86. The Kier molecular flexibility index (Phi) is 2.74. The Hall–Kier alpha value is -1.32. The highest BCUT2D eigenvalue weighted by Gasteiger charge is 2.41. The Morgan fingerprint density at radius 2 is 2.00 bits per heavy atom. The molecule has 1 nitrogen and oxygen atoms in total. The molecule has 0 bridgehead atoms. The molecule has 16 heavy (non-hydrogen) atoms. The van der Waals surface area contributed by atoms with Crippen molar-refractivity contribution in [1.29, 1.82) is 0 Å².